The van der Waals surface area contributed by atoms with Gasteiger partial charge in [0.25, 0.3) is 5.91 Å². The predicted molar refractivity (Wildman–Crippen MR) is 122 cm³/mol. The molecule has 2 aromatic heterocycles. The number of nitriles is 1. The molecule has 3 rings (SSSR count). The molecule has 8 heteroatoms. The van der Waals surface area contributed by atoms with Crippen LogP contribution < -0.4 is 10.9 Å². The Morgan fingerprint density at radius 3 is 2.75 bits per heavy atom. The second-order valence-electron chi connectivity index (χ2n) is 7.71. The van der Waals surface area contributed by atoms with Crippen LogP contribution in [0.2, 0.25) is 0 Å². The van der Waals surface area contributed by atoms with Gasteiger partial charge in [-0.25, -0.2) is 0 Å². The van der Waals surface area contributed by atoms with E-state index < -0.39 is 5.91 Å². The van der Waals surface area contributed by atoms with Gasteiger partial charge in [-0.2, -0.15) is 5.26 Å². The topological polar surface area (TPSA) is 112 Å². The zero-order valence-corrected chi connectivity index (χ0v) is 18.7. The number of hydrogen-bond acceptors (Lipinski definition) is 4. The van der Waals surface area contributed by atoms with E-state index in [0.717, 1.165) is 33.4 Å². The lowest BCUT2D eigenvalue weighted by molar-refractivity contribution is -0.126. The molecule has 0 bridgehead atoms. The summed E-state index contributed by atoms with van der Waals surface area (Å²) in [4.78, 5) is 27.9. The van der Waals surface area contributed by atoms with Gasteiger partial charge in [0.2, 0.25) is 5.91 Å². The second kappa shape index (κ2) is 9.98. The van der Waals surface area contributed by atoms with Gasteiger partial charge in [0.15, 0.2) is 0 Å². The zero-order chi connectivity index (χ0) is 23.3. The number of benzene rings is 1. The number of nitrogens with zero attached hydrogens (tertiary/aromatic N) is 2. The minimum atomic E-state index is -0.672. The number of methoxy groups -OCH3 is 1. The first-order valence-electron chi connectivity index (χ1n) is 10.3. The average molecular weight is 434 g/mol. The number of para-hydroxylation sites is 1. The summed E-state index contributed by atoms with van der Waals surface area (Å²) in [6.45, 7) is 6.49. The molecule has 166 valence electrons. The van der Waals surface area contributed by atoms with Crippen molar-refractivity contribution in [3.8, 4) is 6.07 Å². The summed E-state index contributed by atoms with van der Waals surface area (Å²) >= 11 is 0. The van der Waals surface area contributed by atoms with E-state index in [4.69, 9.17) is 4.74 Å². The Morgan fingerprint density at radius 1 is 1.28 bits per heavy atom. The highest BCUT2D eigenvalue weighted by Crippen LogP contribution is 2.23. The molecule has 2 amide bonds. The van der Waals surface area contributed by atoms with E-state index >= 15 is 0 Å². The smallest absolute Gasteiger partial charge is 0.280 e. The molecule has 3 aromatic rings. The molecule has 0 aliphatic carbocycles. The summed E-state index contributed by atoms with van der Waals surface area (Å²) in [6.07, 6.45) is 3.39. The Kier molecular flexibility index (Phi) is 7.13. The van der Waals surface area contributed by atoms with Crippen LogP contribution in [0.25, 0.3) is 17.0 Å². The van der Waals surface area contributed by atoms with Crippen molar-refractivity contribution in [2.75, 3.05) is 13.7 Å². The third-order valence-corrected chi connectivity index (χ3v) is 5.38. The minimum absolute atomic E-state index is 0.0917. The number of hydrazine groups is 1. The van der Waals surface area contributed by atoms with Crippen molar-refractivity contribution in [3.63, 3.8) is 0 Å². The number of aromatic amines is 1. The van der Waals surface area contributed by atoms with Gasteiger partial charge in [0.05, 0.1) is 19.1 Å². The van der Waals surface area contributed by atoms with Gasteiger partial charge in [-0.15, -0.1) is 0 Å². The van der Waals surface area contributed by atoms with Gasteiger partial charge in [-0.3, -0.25) is 20.4 Å². The summed E-state index contributed by atoms with van der Waals surface area (Å²) in [5.74, 6) is -1.05. The predicted octanol–water partition coefficient (Wildman–Crippen LogP) is 3.09. The SMILES string of the molecule is COCC(C)n1c(C)cc(/C=C(\C#N)C(=O)NNC(=O)Cc2c[nH]c3ccccc23)c1C. The maximum Gasteiger partial charge on any atom is 0.280 e. The Balaban J connectivity index is 1.67. The van der Waals surface area contributed by atoms with Crippen LogP contribution >= 0.6 is 0 Å². The summed E-state index contributed by atoms with van der Waals surface area (Å²) in [7, 11) is 1.65. The van der Waals surface area contributed by atoms with Gasteiger partial charge in [0.1, 0.15) is 11.6 Å². The molecule has 0 radical (unpaired) electrons. The fourth-order valence-electron chi connectivity index (χ4n) is 3.94. The van der Waals surface area contributed by atoms with E-state index in [-0.39, 0.29) is 23.9 Å². The maximum atomic E-state index is 12.5. The monoisotopic (exact) mass is 433 g/mol. The van der Waals surface area contributed by atoms with Gasteiger partial charge < -0.3 is 14.3 Å². The fraction of sp³-hybridized carbons (Fsp3) is 0.292. The summed E-state index contributed by atoms with van der Waals surface area (Å²) < 4.78 is 7.34. The number of ether oxygens (including phenoxy) is 1. The molecule has 0 aliphatic heterocycles. The van der Waals surface area contributed by atoms with Crippen molar-refractivity contribution in [1.82, 2.24) is 20.4 Å². The van der Waals surface area contributed by atoms with Crippen molar-refractivity contribution < 1.29 is 14.3 Å². The highest BCUT2D eigenvalue weighted by Gasteiger charge is 2.16. The van der Waals surface area contributed by atoms with Crippen LogP contribution in [-0.2, 0) is 20.7 Å². The quantitative estimate of drug-likeness (QED) is 0.302. The van der Waals surface area contributed by atoms with Gasteiger partial charge in [-0.05, 0) is 50.1 Å². The minimum Gasteiger partial charge on any atom is -0.383 e. The van der Waals surface area contributed by atoms with Crippen LogP contribution in [0.3, 0.4) is 0 Å². The van der Waals surface area contributed by atoms with Crippen molar-refractivity contribution in [2.24, 2.45) is 0 Å². The highest BCUT2D eigenvalue weighted by molar-refractivity contribution is 6.02. The van der Waals surface area contributed by atoms with E-state index in [1.54, 1.807) is 13.3 Å². The molecule has 1 atom stereocenters. The standard InChI is InChI=1S/C24H27N5O3/c1-15-9-18(17(3)29(15)16(2)14-32-4)10-19(12-25)24(31)28-27-23(30)11-20-13-26-22-8-6-5-7-21(20)22/h5-10,13,16,26H,11,14H2,1-4H3,(H,27,30)(H,28,31)/b19-10+. The van der Waals surface area contributed by atoms with Crippen molar-refractivity contribution >= 4 is 28.8 Å². The molecule has 0 fully saturated rings. The lowest BCUT2D eigenvalue weighted by atomic mass is 10.1. The molecule has 0 aliphatic rings. The Morgan fingerprint density at radius 2 is 2.03 bits per heavy atom. The molecule has 2 heterocycles. The number of hydrogen-bond donors (Lipinski definition) is 3. The van der Waals surface area contributed by atoms with Crippen molar-refractivity contribution in [3.05, 3.63) is 64.6 Å². The fourth-order valence-corrected chi connectivity index (χ4v) is 3.94. The Hall–Kier alpha value is -3.83. The number of nitrogens with one attached hydrogen (secondary N) is 3. The lowest BCUT2D eigenvalue weighted by Crippen LogP contribution is -2.42. The van der Waals surface area contributed by atoms with Crippen LogP contribution in [-0.4, -0.2) is 35.1 Å². The molecule has 32 heavy (non-hydrogen) atoms. The first-order valence-corrected chi connectivity index (χ1v) is 10.3. The summed E-state index contributed by atoms with van der Waals surface area (Å²) in [5.41, 5.74) is 9.07. The second-order valence-corrected chi connectivity index (χ2v) is 7.71. The molecular weight excluding hydrogens is 406 g/mol. The first-order chi connectivity index (χ1) is 15.3. The van der Waals surface area contributed by atoms with Gasteiger partial charge >= 0.3 is 0 Å². The lowest BCUT2D eigenvalue weighted by Gasteiger charge is -2.17. The van der Waals surface area contributed by atoms with E-state index in [1.165, 1.54) is 6.08 Å². The molecule has 3 N–H and O–H groups in total. The normalized spacial score (nSPS) is 12.4. The van der Waals surface area contributed by atoms with E-state index in [9.17, 15) is 14.9 Å². The Labute approximate surface area is 186 Å². The van der Waals surface area contributed by atoms with Crippen LogP contribution in [0.1, 0.15) is 35.5 Å². The van der Waals surface area contributed by atoms with Crippen molar-refractivity contribution in [1.29, 1.82) is 5.26 Å². The van der Waals surface area contributed by atoms with Gasteiger partial charge in [0, 0.05) is 35.6 Å². The third kappa shape index (κ3) is 4.90. The molecule has 0 saturated carbocycles. The molecular formula is C24H27N5O3. The molecule has 1 aromatic carbocycles. The number of rotatable bonds is 7. The molecule has 1 unspecified atom stereocenters. The average Bonchev–Trinajstić information content (AvgIpc) is 3.30. The number of carbonyl (C=O) groups is 2. The maximum absolute atomic E-state index is 12.5. The van der Waals surface area contributed by atoms with Crippen molar-refractivity contribution in [2.45, 2.75) is 33.2 Å². The molecule has 0 saturated heterocycles. The summed E-state index contributed by atoms with van der Waals surface area (Å²) in [6, 6.07) is 11.6. The number of H-pyrrole nitrogens is 1. The largest absolute Gasteiger partial charge is 0.383 e. The zero-order valence-electron chi connectivity index (χ0n) is 18.7. The van der Waals surface area contributed by atoms with E-state index in [1.807, 2.05) is 57.2 Å². The van der Waals surface area contributed by atoms with Crippen LogP contribution in [0.15, 0.2) is 42.1 Å². The summed E-state index contributed by atoms with van der Waals surface area (Å²) in [5, 5.41) is 10.4. The number of fused-ring (bicyclic) bond motifs is 1. The number of aromatic nitrogens is 2. The molecule has 0 spiro atoms. The van der Waals surface area contributed by atoms with Crippen LogP contribution in [0, 0.1) is 25.2 Å². The molecule has 8 nitrogen and oxygen atoms in total. The van der Waals surface area contributed by atoms with Crippen LogP contribution in [0.4, 0.5) is 0 Å². The Bertz CT molecular complexity index is 1210. The van der Waals surface area contributed by atoms with E-state index in [0.29, 0.717) is 6.61 Å². The number of carbonyl (C=O) groups excluding carboxylic acids is 2. The van der Waals surface area contributed by atoms with Crippen LogP contribution in [0.5, 0.6) is 0 Å². The van der Waals surface area contributed by atoms with Gasteiger partial charge in [-0.1, -0.05) is 18.2 Å². The number of amides is 2. The van der Waals surface area contributed by atoms with E-state index in [2.05, 4.69) is 20.4 Å². The number of aryl methyl sites for hydroxylation is 1. The third-order valence-electron chi connectivity index (χ3n) is 5.38. The first kappa shape index (κ1) is 22.8. The highest BCUT2D eigenvalue weighted by atomic mass is 16.5.